The maximum atomic E-state index is 5.64. The normalized spacial score (nSPS) is 10.3. The summed E-state index contributed by atoms with van der Waals surface area (Å²) in [6.45, 7) is 0. The SMILES string of the molecule is Nc1cc(Nc2cccc(-c3cnccn3)c2)nc(N)n1. The molecule has 0 aliphatic heterocycles. The second-order valence-corrected chi connectivity index (χ2v) is 4.33. The number of nitrogens with zero attached hydrogens (tertiary/aromatic N) is 4. The molecule has 7 nitrogen and oxygen atoms in total. The molecule has 0 radical (unpaired) electrons. The highest BCUT2D eigenvalue weighted by Crippen LogP contribution is 2.22. The Morgan fingerprint density at radius 3 is 2.67 bits per heavy atom. The average molecular weight is 279 g/mol. The molecule has 0 fully saturated rings. The van der Waals surface area contributed by atoms with Gasteiger partial charge in [0.25, 0.3) is 0 Å². The van der Waals surface area contributed by atoms with Crippen LogP contribution in [0.4, 0.5) is 23.3 Å². The third kappa shape index (κ3) is 3.03. The maximum Gasteiger partial charge on any atom is 0.223 e. The van der Waals surface area contributed by atoms with E-state index >= 15 is 0 Å². The monoisotopic (exact) mass is 279 g/mol. The van der Waals surface area contributed by atoms with Gasteiger partial charge in [-0.2, -0.15) is 9.97 Å². The summed E-state index contributed by atoms with van der Waals surface area (Å²) in [5, 5.41) is 3.14. The van der Waals surface area contributed by atoms with Crippen LogP contribution in [0.1, 0.15) is 0 Å². The molecule has 3 rings (SSSR count). The Labute approximate surface area is 121 Å². The van der Waals surface area contributed by atoms with Crippen LogP contribution < -0.4 is 16.8 Å². The second kappa shape index (κ2) is 5.41. The lowest BCUT2D eigenvalue weighted by molar-refractivity contribution is 1.19. The molecule has 1 aromatic carbocycles. The molecule has 104 valence electrons. The van der Waals surface area contributed by atoms with Gasteiger partial charge in [0.15, 0.2) is 0 Å². The first-order valence-electron chi connectivity index (χ1n) is 6.24. The highest BCUT2D eigenvalue weighted by Gasteiger charge is 2.03. The van der Waals surface area contributed by atoms with E-state index in [1.54, 1.807) is 24.7 Å². The molecular weight excluding hydrogens is 266 g/mol. The Balaban J connectivity index is 1.90. The fourth-order valence-corrected chi connectivity index (χ4v) is 1.90. The summed E-state index contributed by atoms with van der Waals surface area (Å²) in [5.74, 6) is 0.981. The molecule has 21 heavy (non-hydrogen) atoms. The summed E-state index contributed by atoms with van der Waals surface area (Å²) in [6, 6.07) is 9.34. The van der Waals surface area contributed by atoms with Crippen molar-refractivity contribution in [1.29, 1.82) is 0 Å². The van der Waals surface area contributed by atoms with E-state index < -0.39 is 0 Å². The van der Waals surface area contributed by atoms with Crippen molar-refractivity contribution >= 4 is 23.3 Å². The summed E-state index contributed by atoms with van der Waals surface area (Å²) in [4.78, 5) is 16.2. The van der Waals surface area contributed by atoms with Crippen LogP contribution in [0.2, 0.25) is 0 Å². The topological polar surface area (TPSA) is 116 Å². The first-order valence-corrected chi connectivity index (χ1v) is 6.24. The van der Waals surface area contributed by atoms with Crippen LogP contribution >= 0.6 is 0 Å². The molecule has 0 spiro atoms. The molecule has 0 bridgehead atoms. The number of benzene rings is 1. The fraction of sp³-hybridized carbons (Fsp3) is 0. The number of nitrogen functional groups attached to an aromatic ring is 2. The summed E-state index contributed by atoms with van der Waals surface area (Å²) in [6.07, 6.45) is 5.00. The summed E-state index contributed by atoms with van der Waals surface area (Å²) in [5.41, 5.74) is 13.8. The number of anilines is 4. The van der Waals surface area contributed by atoms with Gasteiger partial charge in [-0.15, -0.1) is 0 Å². The van der Waals surface area contributed by atoms with Gasteiger partial charge in [0.1, 0.15) is 11.6 Å². The Morgan fingerprint density at radius 2 is 1.90 bits per heavy atom. The lowest BCUT2D eigenvalue weighted by atomic mass is 10.1. The van der Waals surface area contributed by atoms with Crippen molar-refractivity contribution in [1.82, 2.24) is 19.9 Å². The first kappa shape index (κ1) is 12.8. The molecule has 0 amide bonds. The highest BCUT2D eigenvalue weighted by atomic mass is 15.1. The lowest BCUT2D eigenvalue weighted by Gasteiger charge is -2.08. The van der Waals surface area contributed by atoms with Crippen LogP contribution in [0.25, 0.3) is 11.3 Å². The van der Waals surface area contributed by atoms with Crippen molar-refractivity contribution in [2.75, 3.05) is 16.8 Å². The van der Waals surface area contributed by atoms with Gasteiger partial charge in [0.2, 0.25) is 5.95 Å². The molecule has 0 saturated carbocycles. The largest absolute Gasteiger partial charge is 0.383 e. The van der Waals surface area contributed by atoms with Gasteiger partial charge in [-0.1, -0.05) is 12.1 Å². The van der Waals surface area contributed by atoms with Gasteiger partial charge < -0.3 is 16.8 Å². The van der Waals surface area contributed by atoms with Gasteiger partial charge in [-0.05, 0) is 12.1 Å². The van der Waals surface area contributed by atoms with E-state index in [1.165, 1.54) is 0 Å². The highest BCUT2D eigenvalue weighted by molar-refractivity contribution is 5.68. The fourth-order valence-electron chi connectivity index (χ4n) is 1.90. The Bertz CT molecular complexity index is 738. The minimum Gasteiger partial charge on any atom is -0.383 e. The van der Waals surface area contributed by atoms with Crippen molar-refractivity contribution < 1.29 is 0 Å². The Kier molecular flexibility index (Phi) is 3.30. The van der Waals surface area contributed by atoms with Crippen molar-refractivity contribution in [3.63, 3.8) is 0 Å². The van der Waals surface area contributed by atoms with E-state index in [9.17, 15) is 0 Å². The van der Waals surface area contributed by atoms with Crippen LogP contribution in [0, 0.1) is 0 Å². The van der Waals surface area contributed by atoms with Crippen LogP contribution in [0.3, 0.4) is 0 Å². The number of rotatable bonds is 3. The van der Waals surface area contributed by atoms with E-state index in [0.29, 0.717) is 11.6 Å². The first-order chi connectivity index (χ1) is 10.2. The molecule has 0 saturated heterocycles. The van der Waals surface area contributed by atoms with Gasteiger partial charge >= 0.3 is 0 Å². The van der Waals surface area contributed by atoms with E-state index in [0.717, 1.165) is 16.9 Å². The third-order valence-corrected chi connectivity index (χ3v) is 2.76. The molecule has 5 N–H and O–H groups in total. The molecular formula is C14H13N7. The van der Waals surface area contributed by atoms with Gasteiger partial charge in [0, 0.05) is 29.7 Å². The van der Waals surface area contributed by atoms with Crippen LogP contribution in [0.15, 0.2) is 48.9 Å². The lowest BCUT2D eigenvalue weighted by Crippen LogP contribution is -2.02. The zero-order valence-corrected chi connectivity index (χ0v) is 11.1. The smallest absolute Gasteiger partial charge is 0.223 e. The Morgan fingerprint density at radius 1 is 1.00 bits per heavy atom. The second-order valence-electron chi connectivity index (χ2n) is 4.33. The number of aromatic nitrogens is 4. The number of nitrogens with one attached hydrogen (secondary N) is 1. The van der Waals surface area contributed by atoms with Crippen molar-refractivity contribution in [2.45, 2.75) is 0 Å². The molecule has 2 heterocycles. The molecule has 0 unspecified atom stereocenters. The minimum absolute atomic E-state index is 0.127. The predicted octanol–water partition coefficient (Wildman–Crippen LogP) is 1.84. The van der Waals surface area contributed by atoms with E-state index in [2.05, 4.69) is 25.3 Å². The summed E-state index contributed by atoms with van der Waals surface area (Å²) < 4.78 is 0. The molecule has 3 aromatic rings. The summed E-state index contributed by atoms with van der Waals surface area (Å²) >= 11 is 0. The van der Waals surface area contributed by atoms with Crippen molar-refractivity contribution in [3.8, 4) is 11.3 Å². The molecule has 0 atom stereocenters. The maximum absolute atomic E-state index is 5.64. The average Bonchev–Trinajstić information content (AvgIpc) is 2.47. The molecule has 0 aliphatic carbocycles. The van der Waals surface area contributed by atoms with Crippen molar-refractivity contribution in [2.24, 2.45) is 0 Å². The van der Waals surface area contributed by atoms with Crippen LogP contribution in [-0.4, -0.2) is 19.9 Å². The van der Waals surface area contributed by atoms with Crippen molar-refractivity contribution in [3.05, 3.63) is 48.9 Å². The van der Waals surface area contributed by atoms with E-state index in [4.69, 9.17) is 11.5 Å². The quantitative estimate of drug-likeness (QED) is 0.669. The predicted molar refractivity (Wildman–Crippen MR) is 81.6 cm³/mol. The van der Waals surface area contributed by atoms with Crippen LogP contribution in [0.5, 0.6) is 0 Å². The molecule has 2 aromatic heterocycles. The minimum atomic E-state index is 0.127. The summed E-state index contributed by atoms with van der Waals surface area (Å²) in [7, 11) is 0. The number of hydrogen-bond donors (Lipinski definition) is 3. The molecule has 0 aliphatic rings. The number of nitrogens with two attached hydrogens (primary N) is 2. The third-order valence-electron chi connectivity index (χ3n) is 2.76. The van der Waals surface area contributed by atoms with Crippen LogP contribution in [-0.2, 0) is 0 Å². The van der Waals surface area contributed by atoms with E-state index in [1.807, 2.05) is 24.3 Å². The number of hydrogen-bond acceptors (Lipinski definition) is 7. The standard InChI is InChI=1S/C14H13N7/c15-12-7-13(21-14(16)20-12)19-10-3-1-2-9(6-10)11-8-17-4-5-18-11/h1-8H,(H5,15,16,19,20,21). The van der Waals surface area contributed by atoms with Gasteiger partial charge in [0.05, 0.1) is 11.9 Å². The Hall–Kier alpha value is -3.22. The zero-order valence-electron chi connectivity index (χ0n) is 11.1. The van der Waals surface area contributed by atoms with Gasteiger partial charge in [-0.3, -0.25) is 9.97 Å². The van der Waals surface area contributed by atoms with Gasteiger partial charge in [-0.25, -0.2) is 0 Å². The zero-order chi connectivity index (χ0) is 14.7. The van der Waals surface area contributed by atoms with E-state index in [-0.39, 0.29) is 5.95 Å². The molecule has 7 heteroatoms.